The molecule has 3 nitrogen and oxygen atoms in total. The van der Waals surface area contributed by atoms with Crippen LogP contribution in [0.25, 0.3) is 0 Å². The number of hydrogen-bond acceptors (Lipinski definition) is 3. The predicted molar refractivity (Wildman–Crippen MR) is 94.6 cm³/mol. The number of ether oxygens (including phenoxy) is 2. The van der Waals surface area contributed by atoms with Gasteiger partial charge in [-0.05, 0) is 50.1 Å². The zero-order valence-corrected chi connectivity index (χ0v) is 16.0. The van der Waals surface area contributed by atoms with Crippen LogP contribution in [-0.2, 0) is 6.61 Å². The number of carbonyl (C=O) groups is 1. The molecule has 2 aromatic carbocycles. The van der Waals surface area contributed by atoms with Crippen molar-refractivity contribution in [3.8, 4) is 11.5 Å². The molecule has 116 valence electrons. The molecule has 0 saturated heterocycles. The lowest BCUT2D eigenvalue weighted by molar-refractivity contribution is 0.112. The van der Waals surface area contributed by atoms with Gasteiger partial charge in [0.15, 0.2) is 17.8 Å². The van der Waals surface area contributed by atoms with E-state index in [1.165, 1.54) is 7.11 Å². The van der Waals surface area contributed by atoms with Crippen molar-refractivity contribution in [3.05, 3.63) is 54.4 Å². The van der Waals surface area contributed by atoms with Crippen molar-refractivity contribution in [2.75, 3.05) is 7.11 Å². The summed E-state index contributed by atoms with van der Waals surface area (Å²) in [5.74, 6) is 0.885. The highest BCUT2D eigenvalue weighted by molar-refractivity contribution is 9.13. The maximum Gasteiger partial charge on any atom is 0.177 e. The average Bonchev–Trinajstić information content (AvgIpc) is 2.50. The van der Waals surface area contributed by atoms with Crippen LogP contribution in [0.15, 0.2) is 33.2 Å². The second kappa shape index (κ2) is 7.68. The molecule has 0 heterocycles. The molecule has 0 aromatic heterocycles. The van der Waals surface area contributed by atoms with E-state index in [-0.39, 0.29) is 6.61 Å². The van der Waals surface area contributed by atoms with Crippen molar-refractivity contribution in [2.24, 2.45) is 0 Å². The van der Waals surface area contributed by atoms with Crippen LogP contribution in [0.4, 0.5) is 0 Å². The number of methoxy groups -OCH3 is 1. The minimum atomic E-state index is 0.167. The summed E-state index contributed by atoms with van der Waals surface area (Å²) < 4.78 is 12.2. The summed E-state index contributed by atoms with van der Waals surface area (Å²) in [6, 6.07) is 6.83. The van der Waals surface area contributed by atoms with Gasteiger partial charge in [0.05, 0.1) is 11.6 Å². The van der Waals surface area contributed by atoms with Gasteiger partial charge >= 0.3 is 0 Å². The fourth-order valence-electron chi connectivity index (χ4n) is 1.79. The summed E-state index contributed by atoms with van der Waals surface area (Å²) in [4.78, 5) is 11.0. The average molecular weight is 469 g/mol. The molecule has 22 heavy (non-hydrogen) atoms. The Morgan fingerprint density at radius 1 is 1.18 bits per heavy atom. The number of halogens is 4. The Hall–Kier alpha value is -0.750. The van der Waals surface area contributed by atoms with Crippen LogP contribution in [-0.4, -0.2) is 13.4 Å². The summed E-state index contributed by atoms with van der Waals surface area (Å²) in [5.41, 5.74) is 1.13. The smallest absolute Gasteiger partial charge is 0.177 e. The lowest BCUT2D eigenvalue weighted by atomic mass is 10.2. The highest BCUT2D eigenvalue weighted by atomic mass is 79.9. The van der Waals surface area contributed by atoms with Crippen LogP contribution in [0.2, 0.25) is 10.0 Å². The molecule has 0 fully saturated rings. The summed E-state index contributed by atoms with van der Waals surface area (Å²) >= 11 is 19.0. The Morgan fingerprint density at radius 3 is 2.36 bits per heavy atom. The molecule has 0 atom stereocenters. The molecule has 0 bridgehead atoms. The first kappa shape index (κ1) is 17.6. The quantitative estimate of drug-likeness (QED) is 0.511. The first-order chi connectivity index (χ1) is 10.5. The fraction of sp³-hybridized carbons (Fsp3) is 0.133. The number of carbonyl (C=O) groups excluding carboxylic acids is 1. The first-order valence-corrected chi connectivity index (χ1v) is 8.40. The number of rotatable bonds is 5. The van der Waals surface area contributed by atoms with Crippen molar-refractivity contribution in [1.29, 1.82) is 0 Å². The van der Waals surface area contributed by atoms with Gasteiger partial charge in [-0.1, -0.05) is 29.3 Å². The van der Waals surface area contributed by atoms with Crippen molar-refractivity contribution < 1.29 is 14.3 Å². The Bertz CT molecular complexity index is 700. The van der Waals surface area contributed by atoms with Crippen LogP contribution in [0.3, 0.4) is 0 Å². The molecular formula is C15H10Br2Cl2O3. The van der Waals surface area contributed by atoms with Crippen molar-refractivity contribution >= 4 is 61.3 Å². The Labute approximate surface area is 154 Å². The Balaban J connectivity index is 2.37. The third-order valence-electron chi connectivity index (χ3n) is 2.93. The normalized spacial score (nSPS) is 10.4. The molecule has 2 aromatic rings. The summed E-state index contributed by atoms with van der Waals surface area (Å²) in [5, 5.41) is 1.04. The minimum absolute atomic E-state index is 0.167. The van der Waals surface area contributed by atoms with E-state index in [2.05, 4.69) is 31.9 Å². The van der Waals surface area contributed by atoms with Crippen molar-refractivity contribution in [3.63, 3.8) is 0 Å². The third-order valence-corrected chi connectivity index (χ3v) is 5.78. The SMILES string of the molecule is COc1cc(C=O)c(Br)c(Br)c1OCc1c(Cl)cccc1Cl. The lowest BCUT2D eigenvalue weighted by Gasteiger charge is -2.16. The maximum atomic E-state index is 11.0. The highest BCUT2D eigenvalue weighted by Crippen LogP contribution is 2.43. The largest absolute Gasteiger partial charge is 0.493 e. The van der Waals surface area contributed by atoms with Gasteiger partial charge in [0.25, 0.3) is 0 Å². The van der Waals surface area contributed by atoms with E-state index in [1.807, 2.05) is 0 Å². The van der Waals surface area contributed by atoms with Crippen LogP contribution in [0.5, 0.6) is 11.5 Å². The molecule has 0 aliphatic heterocycles. The molecule has 0 radical (unpaired) electrons. The molecule has 7 heteroatoms. The highest BCUT2D eigenvalue weighted by Gasteiger charge is 2.18. The van der Waals surface area contributed by atoms with Gasteiger partial charge in [-0.15, -0.1) is 0 Å². The molecule has 0 unspecified atom stereocenters. The monoisotopic (exact) mass is 466 g/mol. The predicted octanol–water partition coefficient (Wildman–Crippen LogP) is 5.92. The molecule has 0 spiro atoms. The molecule has 0 N–H and O–H groups in total. The number of hydrogen-bond donors (Lipinski definition) is 0. The van der Waals surface area contributed by atoms with Crippen LogP contribution >= 0.6 is 55.1 Å². The molecule has 0 aliphatic rings. The summed E-state index contributed by atoms with van der Waals surface area (Å²) in [6.45, 7) is 0.167. The molecular weight excluding hydrogens is 459 g/mol. The number of aldehydes is 1. The summed E-state index contributed by atoms with van der Waals surface area (Å²) in [7, 11) is 1.50. The zero-order valence-electron chi connectivity index (χ0n) is 11.3. The van der Waals surface area contributed by atoms with Gasteiger partial charge < -0.3 is 9.47 Å². The lowest BCUT2D eigenvalue weighted by Crippen LogP contribution is -2.01. The van der Waals surface area contributed by atoms with Gasteiger partial charge in [0.2, 0.25) is 0 Å². The zero-order chi connectivity index (χ0) is 16.3. The van der Waals surface area contributed by atoms with E-state index in [0.717, 1.165) is 6.29 Å². The molecule has 2 rings (SSSR count). The fourth-order valence-corrected chi connectivity index (χ4v) is 3.22. The second-order valence-corrected chi connectivity index (χ2v) is 6.63. The van der Waals surface area contributed by atoms with Crippen LogP contribution in [0.1, 0.15) is 15.9 Å². The topological polar surface area (TPSA) is 35.5 Å². The van der Waals surface area contributed by atoms with Gasteiger partial charge in [-0.2, -0.15) is 0 Å². The Kier molecular flexibility index (Phi) is 6.15. The van der Waals surface area contributed by atoms with Gasteiger partial charge in [-0.25, -0.2) is 0 Å². The van der Waals surface area contributed by atoms with Crippen molar-refractivity contribution in [2.45, 2.75) is 6.61 Å². The first-order valence-electron chi connectivity index (χ1n) is 6.06. The second-order valence-electron chi connectivity index (χ2n) is 4.23. The minimum Gasteiger partial charge on any atom is -0.493 e. The standard InChI is InChI=1S/C15H10Br2Cl2O3/c1-21-12-5-8(6-20)13(16)14(17)15(12)22-7-9-10(18)3-2-4-11(9)19/h2-6H,7H2,1H3. The van der Waals surface area contributed by atoms with E-state index >= 15 is 0 Å². The van der Waals surface area contributed by atoms with Crippen molar-refractivity contribution in [1.82, 2.24) is 0 Å². The van der Waals surface area contributed by atoms with E-state index in [1.54, 1.807) is 24.3 Å². The van der Waals surface area contributed by atoms with Gasteiger partial charge in [0.1, 0.15) is 6.61 Å². The van der Waals surface area contributed by atoms with E-state index in [4.69, 9.17) is 32.7 Å². The molecule has 0 amide bonds. The Morgan fingerprint density at radius 2 is 1.82 bits per heavy atom. The van der Waals surface area contributed by atoms with E-state index in [9.17, 15) is 4.79 Å². The molecule has 0 aliphatic carbocycles. The molecule has 0 saturated carbocycles. The maximum absolute atomic E-state index is 11.0. The van der Waals surface area contributed by atoms with Gasteiger partial charge in [-0.3, -0.25) is 4.79 Å². The summed E-state index contributed by atoms with van der Waals surface area (Å²) in [6.07, 6.45) is 0.728. The van der Waals surface area contributed by atoms with Gasteiger partial charge in [0, 0.05) is 25.6 Å². The van der Waals surface area contributed by atoms with E-state index in [0.29, 0.717) is 41.6 Å². The van der Waals surface area contributed by atoms with Crippen LogP contribution in [0, 0.1) is 0 Å². The van der Waals surface area contributed by atoms with E-state index < -0.39 is 0 Å². The number of benzene rings is 2. The third kappa shape index (κ3) is 3.59. The van der Waals surface area contributed by atoms with Crippen LogP contribution < -0.4 is 9.47 Å².